The second-order valence-electron chi connectivity index (χ2n) is 5.53. The molecule has 0 aliphatic heterocycles. The van der Waals surface area contributed by atoms with Gasteiger partial charge in [0.15, 0.2) is 0 Å². The number of carboxylic acids is 1. The van der Waals surface area contributed by atoms with Crippen LogP contribution in [0.3, 0.4) is 0 Å². The Hall–Kier alpha value is -0.860. The molecule has 2 unspecified atom stereocenters. The highest BCUT2D eigenvalue weighted by atomic mass is 16.4. The van der Waals surface area contributed by atoms with Gasteiger partial charge in [-0.3, -0.25) is 9.59 Å². The van der Waals surface area contributed by atoms with E-state index < -0.39 is 5.97 Å². The van der Waals surface area contributed by atoms with E-state index in [1.165, 1.54) is 32.1 Å². The SMILES string of the molecule is CCCCCCCCC1C(=O)CCC1CC(=O)O. The van der Waals surface area contributed by atoms with Crippen LogP contribution < -0.4 is 0 Å². The highest BCUT2D eigenvalue weighted by Gasteiger charge is 2.34. The summed E-state index contributed by atoms with van der Waals surface area (Å²) in [6.07, 6.45) is 9.80. The maximum atomic E-state index is 11.7. The molecule has 0 bridgehead atoms. The van der Waals surface area contributed by atoms with E-state index in [4.69, 9.17) is 5.11 Å². The average Bonchev–Trinajstić information content (AvgIpc) is 2.65. The van der Waals surface area contributed by atoms with Gasteiger partial charge in [-0.2, -0.15) is 0 Å². The lowest BCUT2D eigenvalue weighted by molar-refractivity contribution is -0.138. The lowest BCUT2D eigenvalue weighted by atomic mass is 9.88. The molecule has 1 fully saturated rings. The van der Waals surface area contributed by atoms with Crippen molar-refractivity contribution in [2.45, 2.75) is 71.1 Å². The number of carboxylic acid groups (broad SMARTS) is 1. The molecular weight excluding hydrogens is 228 g/mol. The molecule has 1 rings (SSSR count). The molecular formula is C15H26O3. The van der Waals surface area contributed by atoms with Crippen LogP contribution in [0.5, 0.6) is 0 Å². The van der Waals surface area contributed by atoms with Gasteiger partial charge < -0.3 is 5.11 Å². The average molecular weight is 254 g/mol. The first-order valence-corrected chi connectivity index (χ1v) is 7.39. The number of hydrogen-bond acceptors (Lipinski definition) is 2. The molecule has 3 heteroatoms. The molecule has 2 atom stereocenters. The molecule has 1 N–H and O–H groups in total. The van der Waals surface area contributed by atoms with Crippen LogP contribution in [0.4, 0.5) is 0 Å². The smallest absolute Gasteiger partial charge is 0.303 e. The van der Waals surface area contributed by atoms with Crippen LogP contribution in [0.2, 0.25) is 0 Å². The lowest BCUT2D eigenvalue weighted by Gasteiger charge is -2.16. The third kappa shape index (κ3) is 5.19. The lowest BCUT2D eigenvalue weighted by Crippen LogP contribution is -2.17. The standard InChI is InChI=1S/C15H26O3/c1-2-3-4-5-6-7-8-13-12(11-15(17)18)9-10-14(13)16/h12-13H,2-11H2,1H3,(H,17,18). The predicted molar refractivity (Wildman–Crippen MR) is 71.5 cm³/mol. The fourth-order valence-corrected chi connectivity index (χ4v) is 2.99. The molecule has 104 valence electrons. The zero-order chi connectivity index (χ0) is 13.4. The zero-order valence-corrected chi connectivity index (χ0v) is 11.5. The van der Waals surface area contributed by atoms with Crippen molar-refractivity contribution in [2.24, 2.45) is 11.8 Å². The number of unbranched alkanes of at least 4 members (excludes halogenated alkanes) is 5. The summed E-state index contributed by atoms with van der Waals surface area (Å²) in [7, 11) is 0. The predicted octanol–water partition coefficient (Wildman–Crippen LogP) is 3.81. The molecule has 0 aromatic heterocycles. The number of ketones is 1. The van der Waals surface area contributed by atoms with Gasteiger partial charge in [-0.15, -0.1) is 0 Å². The van der Waals surface area contributed by atoms with Crippen molar-refractivity contribution in [1.29, 1.82) is 0 Å². The molecule has 1 aliphatic rings. The number of hydrogen-bond donors (Lipinski definition) is 1. The Morgan fingerprint density at radius 3 is 2.56 bits per heavy atom. The zero-order valence-electron chi connectivity index (χ0n) is 11.5. The summed E-state index contributed by atoms with van der Waals surface area (Å²) in [5.74, 6) is -0.324. The van der Waals surface area contributed by atoms with Gasteiger partial charge in [-0.25, -0.2) is 0 Å². The number of carbonyl (C=O) groups is 2. The first kappa shape index (κ1) is 15.2. The quantitative estimate of drug-likeness (QED) is 0.637. The Kier molecular flexibility index (Phi) is 6.99. The van der Waals surface area contributed by atoms with Crippen molar-refractivity contribution in [2.75, 3.05) is 0 Å². The van der Waals surface area contributed by atoms with Gasteiger partial charge in [0.25, 0.3) is 0 Å². The van der Waals surface area contributed by atoms with Crippen LogP contribution >= 0.6 is 0 Å². The fraction of sp³-hybridized carbons (Fsp3) is 0.867. The summed E-state index contributed by atoms with van der Waals surface area (Å²) < 4.78 is 0. The van der Waals surface area contributed by atoms with Gasteiger partial charge in [0, 0.05) is 18.8 Å². The summed E-state index contributed by atoms with van der Waals surface area (Å²) in [6.45, 7) is 2.20. The van der Waals surface area contributed by atoms with Crippen LogP contribution in [0, 0.1) is 11.8 Å². The second-order valence-corrected chi connectivity index (χ2v) is 5.53. The normalized spacial score (nSPS) is 23.5. The first-order chi connectivity index (χ1) is 8.65. The van der Waals surface area contributed by atoms with Gasteiger partial charge in [0.2, 0.25) is 0 Å². The van der Waals surface area contributed by atoms with E-state index in [0.717, 1.165) is 19.3 Å². The summed E-state index contributed by atoms with van der Waals surface area (Å²) >= 11 is 0. The van der Waals surface area contributed by atoms with E-state index in [2.05, 4.69) is 6.92 Å². The minimum absolute atomic E-state index is 0.0345. The third-order valence-electron chi connectivity index (χ3n) is 4.05. The van der Waals surface area contributed by atoms with Crippen molar-refractivity contribution in [1.82, 2.24) is 0 Å². The van der Waals surface area contributed by atoms with Gasteiger partial charge in [-0.05, 0) is 18.8 Å². The van der Waals surface area contributed by atoms with Gasteiger partial charge >= 0.3 is 5.97 Å². The molecule has 18 heavy (non-hydrogen) atoms. The van der Waals surface area contributed by atoms with Gasteiger partial charge in [0.05, 0.1) is 0 Å². The maximum Gasteiger partial charge on any atom is 0.303 e. The fourth-order valence-electron chi connectivity index (χ4n) is 2.99. The second kappa shape index (κ2) is 8.28. The maximum absolute atomic E-state index is 11.7. The number of Topliss-reactive ketones (excluding diaryl/α,β-unsaturated/α-hetero) is 1. The van der Waals surface area contributed by atoms with E-state index >= 15 is 0 Å². The van der Waals surface area contributed by atoms with E-state index in [1.807, 2.05) is 0 Å². The number of carbonyl (C=O) groups excluding carboxylic acids is 1. The van der Waals surface area contributed by atoms with Crippen LogP contribution in [0.15, 0.2) is 0 Å². The minimum atomic E-state index is -0.761. The summed E-state index contributed by atoms with van der Waals surface area (Å²) in [5.41, 5.74) is 0. The van der Waals surface area contributed by atoms with Gasteiger partial charge in [0.1, 0.15) is 5.78 Å². The van der Waals surface area contributed by atoms with Crippen molar-refractivity contribution in [3.8, 4) is 0 Å². The molecule has 1 saturated carbocycles. The van der Waals surface area contributed by atoms with Gasteiger partial charge in [-0.1, -0.05) is 45.4 Å². The van der Waals surface area contributed by atoms with E-state index in [9.17, 15) is 9.59 Å². The molecule has 0 amide bonds. The topological polar surface area (TPSA) is 54.4 Å². The van der Waals surface area contributed by atoms with Crippen LogP contribution in [-0.2, 0) is 9.59 Å². The molecule has 0 spiro atoms. The van der Waals surface area contributed by atoms with Crippen LogP contribution in [0.1, 0.15) is 71.1 Å². The van der Waals surface area contributed by atoms with E-state index in [0.29, 0.717) is 12.2 Å². The molecule has 0 heterocycles. The molecule has 3 nitrogen and oxygen atoms in total. The minimum Gasteiger partial charge on any atom is -0.481 e. The van der Waals surface area contributed by atoms with Crippen LogP contribution in [-0.4, -0.2) is 16.9 Å². The highest BCUT2D eigenvalue weighted by Crippen LogP contribution is 2.35. The van der Waals surface area contributed by atoms with E-state index in [-0.39, 0.29) is 18.3 Å². The molecule has 0 aromatic rings. The number of rotatable bonds is 9. The first-order valence-electron chi connectivity index (χ1n) is 7.39. The molecule has 0 aromatic carbocycles. The Morgan fingerprint density at radius 1 is 1.22 bits per heavy atom. The van der Waals surface area contributed by atoms with Crippen molar-refractivity contribution in [3.63, 3.8) is 0 Å². The van der Waals surface area contributed by atoms with E-state index in [1.54, 1.807) is 0 Å². The summed E-state index contributed by atoms with van der Waals surface area (Å²) in [4.78, 5) is 22.5. The Labute approximate surface area is 110 Å². The summed E-state index contributed by atoms with van der Waals surface area (Å²) in [6, 6.07) is 0. The molecule has 1 aliphatic carbocycles. The Morgan fingerprint density at radius 2 is 1.89 bits per heavy atom. The van der Waals surface area contributed by atoms with Crippen molar-refractivity contribution < 1.29 is 14.7 Å². The van der Waals surface area contributed by atoms with Crippen molar-refractivity contribution in [3.05, 3.63) is 0 Å². The third-order valence-corrected chi connectivity index (χ3v) is 4.05. The highest BCUT2D eigenvalue weighted by molar-refractivity contribution is 5.84. The summed E-state index contributed by atoms with van der Waals surface area (Å²) in [5, 5.41) is 8.84. The largest absolute Gasteiger partial charge is 0.481 e. The van der Waals surface area contributed by atoms with Crippen LogP contribution in [0.25, 0.3) is 0 Å². The Bertz CT molecular complexity index is 273. The molecule has 0 saturated heterocycles. The Balaban J connectivity index is 2.21. The molecule has 0 radical (unpaired) electrons. The number of aliphatic carboxylic acids is 1. The van der Waals surface area contributed by atoms with Crippen molar-refractivity contribution >= 4 is 11.8 Å². The monoisotopic (exact) mass is 254 g/mol.